The van der Waals surface area contributed by atoms with E-state index >= 15 is 0 Å². The third kappa shape index (κ3) is 11.4. The summed E-state index contributed by atoms with van der Waals surface area (Å²) in [5.74, 6) is -2.33. The Morgan fingerprint density at radius 1 is 1.00 bits per heavy atom. The van der Waals surface area contributed by atoms with Gasteiger partial charge >= 0.3 is 12.0 Å². The first kappa shape index (κ1) is 33.6. The van der Waals surface area contributed by atoms with E-state index in [2.05, 4.69) is 26.6 Å². The van der Waals surface area contributed by atoms with Crippen LogP contribution in [0.1, 0.15) is 52.5 Å². The summed E-state index contributed by atoms with van der Waals surface area (Å²) in [6, 6.07) is 3.21. The normalized spacial score (nSPS) is 20.4. The van der Waals surface area contributed by atoms with Crippen molar-refractivity contribution in [1.82, 2.24) is 26.6 Å². The lowest BCUT2D eigenvalue weighted by Gasteiger charge is -2.27. The maximum absolute atomic E-state index is 13.4. The van der Waals surface area contributed by atoms with Crippen LogP contribution < -0.4 is 26.6 Å². The first-order valence-corrected chi connectivity index (χ1v) is 14.2. The first-order valence-electron chi connectivity index (χ1n) is 13.9. The number of esters is 1. The molecule has 0 fully saturated rings. The van der Waals surface area contributed by atoms with E-state index in [1.54, 1.807) is 45.9 Å². The molecule has 5 N–H and O–H groups in total. The number of rotatable bonds is 9. The van der Waals surface area contributed by atoms with E-state index in [0.717, 1.165) is 5.56 Å². The van der Waals surface area contributed by atoms with Gasteiger partial charge in [-0.25, -0.2) is 9.59 Å². The molecule has 0 radical (unpaired) electrons. The number of hydrogen-bond donors (Lipinski definition) is 5. The Kier molecular flexibility index (Phi) is 13.6. The van der Waals surface area contributed by atoms with Gasteiger partial charge in [0.25, 0.3) is 0 Å². The largest absolute Gasteiger partial charge is 0.467 e. The Bertz CT molecular complexity index is 1090. The first-order chi connectivity index (χ1) is 19.4. The Labute approximate surface area is 246 Å². The van der Waals surface area contributed by atoms with Crippen molar-refractivity contribution in [3.8, 4) is 0 Å². The molecule has 4 atom stereocenters. The van der Waals surface area contributed by atoms with Gasteiger partial charge in [-0.2, -0.15) is 0 Å². The quantitative estimate of drug-likeness (QED) is 0.277. The molecule has 0 aromatic heterocycles. The number of hydrogen-bond acceptors (Lipinski definition) is 6. The lowest BCUT2D eigenvalue weighted by atomic mass is 10.0. The average molecular weight is 592 g/mol. The monoisotopic (exact) mass is 591 g/mol. The minimum Gasteiger partial charge on any atom is -0.467 e. The number of amides is 5. The number of carbonyl (C=O) groups is 5. The smallest absolute Gasteiger partial charge is 0.328 e. The third-order valence-corrected chi connectivity index (χ3v) is 6.92. The number of ether oxygens (including phenoxy) is 1. The van der Waals surface area contributed by atoms with Crippen LogP contribution in [0.5, 0.6) is 0 Å². The summed E-state index contributed by atoms with van der Waals surface area (Å²) < 4.78 is 4.76. The van der Waals surface area contributed by atoms with E-state index in [1.807, 2.05) is 12.1 Å². The highest BCUT2D eigenvalue weighted by atomic mass is 35.5. The van der Waals surface area contributed by atoms with Crippen molar-refractivity contribution in [2.24, 2.45) is 11.8 Å². The molecule has 0 aliphatic carbocycles. The van der Waals surface area contributed by atoms with Crippen molar-refractivity contribution in [3.05, 3.63) is 47.0 Å². The number of methoxy groups -OCH3 is 1. The summed E-state index contributed by atoms with van der Waals surface area (Å²) in [7, 11) is 1.24. The molecule has 5 amide bonds. The highest BCUT2D eigenvalue weighted by Crippen LogP contribution is 2.13. The molecular formula is C29H42ClN5O6. The second-order valence-electron chi connectivity index (χ2n) is 10.7. The van der Waals surface area contributed by atoms with Crippen LogP contribution in [0.3, 0.4) is 0 Å². The van der Waals surface area contributed by atoms with Gasteiger partial charge in [-0.05, 0) is 55.2 Å². The van der Waals surface area contributed by atoms with E-state index in [9.17, 15) is 24.0 Å². The van der Waals surface area contributed by atoms with E-state index < -0.39 is 48.0 Å². The van der Waals surface area contributed by atoms with E-state index in [-0.39, 0.29) is 17.7 Å². The van der Waals surface area contributed by atoms with Crippen molar-refractivity contribution in [2.75, 3.05) is 13.7 Å². The maximum Gasteiger partial charge on any atom is 0.328 e. The fraction of sp³-hybridized carbons (Fsp3) is 0.552. The second-order valence-corrected chi connectivity index (χ2v) is 11.2. The fourth-order valence-corrected chi connectivity index (χ4v) is 4.41. The highest BCUT2D eigenvalue weighted by Gasteiger charge is 2.31. The number of carbonyl (C=O) groups excluding carboxylic acids is 5. The number of benzene rings is 1. The minimum atomic E-state index is -0.973. The SMILES string of the molecule is COC(=O)[C@@H](NC(=O)N[C@H](C(=O)N[C@H]1CCCCNC(=O)/C=C/[C@H](Cc2ccc(Cl)cc2)NC1=O)C(C)C)C(C)C. The van der Waals surface area contributed by atoms with E-state index in [1.165, 1.54) is 13.2 Å². The Morgan fingerprint density at radius 2 is 1.63 bits per heavy atom. The fourth-order valence-electron chi connectivity index (χ4n) is 4.29. The van der Waals surface area contributed by atoms with Gasteiger partial charge in [0.2, 0.25) is 17.7 Å². The standard InChI is InChI=1S/C29H42ClN5O6/c1-17(2)24(34-29(40)35-25(18(3)4)28(39)41-5)27(38)33-22-8-6-7-15-31-23(36)14-13-21(32-26(22)37)16-19-9-11-20(30)12-10-19/h9-14,17-18,21-22,24-25H,6-8,15-16H2,1-5H3,(H,31,36)(H,32,37)(H,33,38)(H2,34,35,40)/b14-13+/t21-,22+,24+,25+/m1/s1. The predicted octanol–water partition coefficient (Wildman–Crippen LogP) is 2.23. The molecule has 0 saturated heterocycles. The molecular weight excluding hydrogens is 550 g/mol. The topological polar surface area (TPSA) is 155 Å². The maximum atomic E-state index is 13.4. The minimum absolute atomic E-state index is 0.237. The highest BCUT2D eigenvalue weighted by molar-refractivity contribution is 6.30. The van der Waals surface area contributed by atoms with Gasteiger partial charge in [-0.1, -0.05) is 57.5 Å². The van der Waals surface area contributed by atoms with Crippen molar-refractivity contribution < 1.29 is 28.7 Å². The van der Waals surface area contributed by atoms with Crippen molar-refractivity contribution in [2.45, 2.75) is 77.5 Å². The summed E-state index contributed by atoms with van der Waals surface area (Å²) in [6.45, 7) is 7.49. The van der Waals surface area contributed by atoms with Crippen LogP contribution in [-0.4, -0.2) is 67.5 Å². The molecule has 2 rings (SSSR count). The van der Waals surface area contributed by atoms with Crippen LogP contribution in [0.2, 0.25) is 5.02 Å². The summed E-state index contributed by atoms with van der Waals surface area (Å²) >= 11 is 6.00. The van der Waals surface area contributed by atoms with Crippen molar-refractivity contribution >= 4 is 41.3 Å². The van der Waals surface area contributed by atoms with Crippen molar-refractivity contribution in [1.29, 1.82) is 0 Å². The molecule has 226 valence electrons. The summed E-state index contributed by atoms with van der Waals surface area (Å²) in [4.78, 5) is 63.7. The Morgan fingerprint density at radius 3 is 2.24 bits per heavy atom. The van der Waals surface area contributed by atoms with Gasteiger partial charge in [0.15, 0.2) is 0 Å². The zero-order valence-corrected chi connectivity index (χ0v) is 25.0. The lowest BCUT2D eigenvalue weighted by molar-refractivity contribution is -0.144. The zero-order chi connectivity index (χ0) is 30.5. The van der Waals surface area contributed by atoms with Gasteiger partial charge < -0.3 is 31.3 Å². The average Bonchev–Trinajstić information content (AvgIpc) is 2.92. The summed E-state index contributed by atoms with van der Waals surface area (Å²) in [5.41, 5.74) is 0.902. The van der Waals surface area contributed by atoms with Crippen LogP contribution in [0.4, 0.5) is 4.79 Å². The summed E-state index contributed by atoms with van der Waals surface area (Å²) in [5, 5.41) is 14.3. The summed E-state index contributed by atoms with van der Waals surface area (Å²) in [6.07, 6.45) is 4.94. The Balaban J connectivity index is 2.18. The van der Waals surface area contributed by atoms with Gasteiger partial charge in [-0.15, -0.1) is 0 Å². The van der Waals surface area contributed by atoms with E-state index in [0.29, 0.717) is 37.3 Å². The molecule has 1 aromatic carbocycles. The molecule has 12 heteroatoms. The van der Waals surface area contributed by atoms with Crippen LogP contribution >= 0.6 is 11.6 Å². The van der Waals surface area contributed by atoms with Crippen LogP contribution in [0.25, 0.3) is 0 Å². The van der Waals surface area contributed by atoms with Gasteiger partial charge in [-0.3, -0.25) is 14.4 Å². The molecule has 41 heavy (non-hydrogen) atoms. The van der Waals surface area contributed by atoms with Crippen molar-refractivity contribution in [3.63, 3.8) is 0 Å². The van der Waals surface area contributed by atoms with Crippen LogP contribution in [0, 0.1) is 11.8 Å². The van der Waals surface area contributed by atoms with Crippen LogP contribution in [-0.2, 0) is 30.3 Å². The molecule has 0 spiro atoms. The molecule has 1 aromatic rings. The molecule has 0 unspecified atom stereocenters. The third-order valence-electron chi connectivity index (χ3n) is 6.67. The van der Waals surface area contributed by atoms with Gasteiger partial charge in [0.05, 0.1) is 13.2 Å². The van der Waals surface area contributed by atoms with Crippen LogP contribution in [0.15, 0.2) is 36.4 Å². The van der Waals surface area contributed by atoms with E-state index in [4.69, 9.17) is 16.3 Å². The molecule has 0 bridgehead atoms. The number of halogens is 1. The zero-order valence-electron chi connectivity index (χ0n) is 24.3. The molecule has 1 heterocycles. The second kappa shape index (κ2) is 16.6. The Hall–Kier alpha value is -3.60. The lowest BCUT2D eigenvalue weighted by Crippen LogP contribution is -2.59. The molecule has 1 aliphatic heterocycles. The predicted molar refractivity (Wildman–Crippen MR) is 156 cm³/mol. The molecule has 1 aliphatic rings. The molecule has 0 saturated carbocycles. The molecule has 11 nitrogen and oxygen atoms in total. The van der Waals surface area contributed by atoms with Gasteiger partial charge in [0.1, 0.15) is 18.1 Å². The number of urea groups is 1. The van der Waals surface area contributed by atoms with Gasteiger partial charge in [0, 0.05) is 17.6 Å². The number of nitrogens with one attached hydrogen (secondary N) is 5.